The average molecular weight is 338 g/mol. The maximum Gasteiger partial charge on any atom is 0.340 e. The minimum Gasteiger partial charge on any atom is -0.465 e. The van der Waals surface area contributed by atoms with Crippen molar-refractivity contribution in [3.8, 4) is 22.4 Å². The molecule has 2 heterocycles. The third-order valence-electron chi connectivity index (χ3n) is 3.76. The van der Waals surface area contributed by atoms with Crippen LogP contribution in [0.5, 0.6) is 0 Å². The minimum atomic E-state index is -0.731. The summed E-state index contributed by atoms with van der Waals surface area (Å²) in [7, 11) is 1.20. The molecule has 0 aliphatic carbocycles. The molecule has 0 radical (unpaired) electrons. The van der Waals surface area contributed by atoms with Crippen LogP contribution in [0.3, 0.4) is 0 Å². The van der Waals surface area contributed by atoms with Crippen LogP contribution in [-0.4, -0.2) is 28.0 Å². The Bertz CT molecular complexity index is 942. The third-order valence-corrected chi connectivity index (χ3v) is 3.76. The molecular weight excluding hydrogens is 323 g/mol. The number of halogens is 1. The molecule has 1 aromatic carbocycles. The second-order valence-electron chi connectivity index (χ2n) is 5.34. The van der Waals surface area contributed by atoms with Gasteiger partial charge in [0.25, 0.3) is 0 Å². The Morgan fingerprint density at radius 3 is 2.52 bits per heavy atom. The van der Waals surface area contributed by atoms with E-state index in [2.05, 4.69) is 19.7 Å². The number of methoxy groups -OCH3 is 1. The van der Waals surface area contributed by atoms with Gasteiger partial charge in [0.1, 0.15) is 18.0 Å². The SMILES string of the molecule is COC(=O)c1ccc(-c2ncnc(C)c2-c2ccc(N)nc2)cc1F. The van der Waals surface area contributed by atoms with Gasteiger partial charge in [0.2, 0.25) is 0 Å². The quantitative estimate of drug-likeness (QED) is 0.738. The standard InChI is InChI=1S/C18H15FN4O2/c1-10-16(12-4-6-15(20)21-8-12)17(23-9-22-10)11-3-5-13(14(19)7-11)18(24)25-2/h3-9H,1-2H3,(H2,20,21). The number of pyridine rings is 1. The number of ether oxygens (including phenoxy) is 1. The first-order valence-electron chi connectivity index (χ1n) is 7.43. The number of nitrogens with two attached hydrogens (primary N) is 1. The summed E-state index contributed by atoms with van der Waals surface area (Å²) in [5.74, 6) is -1.01. The van der Waals surface area contributed by atoms with E-state index in [9.17, 15) is 9.18 Å². The molecule has 7 heteroatoms. The number of rotatable bonds is 3. The zero-order valence-corrected chi connectivity index (χ0v) is 13.7. The molecule has 0 saturated heterocycles. The first-order chi connectivity index (χ1) is 12.0. The van der Waals surface area contributed by atoms with Gasteiger partial charge in [-0.2, -0.15) is 0 Å². The normalized spacial score (nSPS) is 10.5. The van der Waals surface area contributed by atoms with Crippen molar-refractivity contribution in [2.45, 2.75) is 6.92 Å². The summed E-state index contributed by atoms with van der Waals surface area (Å²) in [5.41, 5.74) is 8.76. The number of hydrogen-bond donors (Lipinski definition) is 1. The smallest absolute Gasteiger partial charge is 0.340 e. The van der Waals surface area contributed by atoms with Crippen molar-refractivity contribution in [1.82, 2.24) is 15.0 Å². The number of carbonyl (C=O) groups is 1. The first-order valence-corrected chi connectivity index (χ1v) is 7.43. The molecule has 2 aromatic heterocycles. The van der Waals surface area contributed by atoms with Crippen LogP contribution < -0.4 is 5.73 Å². The summed E-state index contributed by atoms with van der Waals surface area (Å²) >= 11 is 0. The van der Waals surface area contributed by atoms with Gasteiger partial charge in [0, 0.05) is 28.6 Å². The molecule has 0 atom stereocenters. The van der Waals surface area contributed by atoms with Crippen molar-refractivity contribution < 1.29 is 13.9 Å². The van der Waals surface area contributed by atoms with Gasteiger partial charge in [-0.25, -0.2) is 24.1 Å². The summed E-state index contributed by atoms with van der Waals surface area (Å²) in [6.45, 7) is 1.83. The van der Waals surface area contributed by atoms with Crippen LogP contribution in [0.2, 0.25) is 0 Å². The van der Waals surface area contributed by atoms with Crippen LogP contribution in [0.1, 0.15) is 16.1 Å². The van der Waals surface area contributed by atoms with E-state index in [1.54, 1.807) is 24.4 Å². The molecule has 0 spiro atoms. The minimum absolute atomic E-state index is 0.132. The Hall–Kier alpha value is -3.35. The van der Waals surface area contributed by atoms with E-state index in [4.69, 9.17) is 5.73 Å². The lowest BCUT2D eigenvalue weighted by Crippen LogP contribution is -2.05. The number of benzene rings is 1. The maximum atomic E-state index is 14.3. The van der Waals surface area contributed by atoms with Crippen LogP contribution in [-0.2, 0) is 4.74 Å². The molecule has 3 rings (SSSR count). The Labute approximate surface area is 143 Å². The van der Waals surface area contributed by atoms with Crippen LogP contribution >= 0.6 is 0 Å². The van der Waals surface area contributed by atoms with Gasteiger partial charge in [-0.1, -0.05) is 6.07 Å². The fourth-order valence-electron chi connectivity index (χ4n) is 2.53. The van der Waals surface area contributed by atoms with E-state index >= 15 is 0 Å². The molecule has 0 aliphatic heterocycles. The van der Waals surface area contributed by atoms with Crippen LogP contribution in [0, 0.1) is 12.7 Å². The highest BCUT2D eigenvalue weighted by Gasteiger charge is 2.17. The van der Waals surface area contributed by atoms with Gasteiger partial charge in [-0.3, -0.25) is 0 Å². The molecule has 2 N–H and O–H groups in total. The van der Waals surface area contributed by atoms with Gasteiger partial charge in [-0.05, 0) is 31.2 Å². The predicted molar refractivity (Wildman–Crippen MR) is 91.1 cm³/mol. The summed E-state index contributed by atoms with van der Waals surface area (Å²) in [4.78, 5) is 24.1. The highest BCUT2D eigenvalue weighted by atomic mass is 19.1. The number of aromatic nitrogens is 3. The molecule has 0 saturated carbocycles. The van der Waals surface area contributed by atoms with E-state index in [0.29, 0.717) is 22.8 Å². The zero-order valence-electron chi connectivity index (χ0n) is 13.7. The van der Waals surface area contributed by atoms with Gasteiger partial charge in [-0.15, -0.1) is 0 Å². The van der Waals surface area contributed by atoms with E-state index in [1.165, 1.54) is 25.6 Å². The lowest BCUT2D eigenvalue weighted by Gasteiger charge is -2.12. The second kappa shape index (κ2) is 6.64. The number of hydrogen-bond acceptors (Lipinski definition) is 6. The van der Waals surface area contributed by atoms with Crippen molar-refractivity contribution in [2.75, 3.05) is 12.8 Å². The Balaban J connectivity index is 2.15. The van der Waals surface area contributed by atoms with Crippen LogP contribution in [0.15, 0.2) is 42.9 Å². The highest BCUT2D eigenvalue weighted by molar-refractivity contribution is 5.91. The summed E-state index contributed by atoms with van der Waals surface area (Å²) in [5, 5.41) is 0. The Morgan fingerprint density at radius 2 is 1.88 bits per heavy atom. The predicted octanol–water partition coefficient (Wildman–Crippen LogP) is 3.02. The van der Waals surface area contributed by atoms with Gasteiger partial charge in [0.15, 0.2) is 0 Å². The number of carbonyl (C=O) groups excluding carboxylic acids is 1. The van der Waals surface area contributed by atoms with Crippen LogP contribution in [0.25, 0.3) is 22.4 Å². The van der Waals surface area contributed by atoms with Crippen molar-refractivity contribution in [1.29, 1.82) is 0 Å². The molecule has 6 nitrogen and oxygen atoms in total. The van der Waals surface area contributed by atoms with Gasteiger partial charge in [0.05, 0.1) is 18.4 Å². The largest absolute Gasteiger partial charge is 0.465 e. The topological polar surface area (TPSA) is 91.0 Å². The molecule has 0 bridgehead atoms. The van der Waals surface area contributed by atoms with E-state index in [1.807, 2.05) is 6.92 Å². The molecule has 0 fully saturated rings. The fourth-order valence-corrected chi connectivity index (χ4v) is 2.53. The average Bonchev–Trinajstić information content (AvgIpc) is 2.62. The number of anilines is 1. The van der Waals surface area contributed by atoms with E-state index in [-0.39, 0.29) is 5.56 Å². The Kier molecular flexibility index (Phi) is 4.38. The lowest BCUT2D eigenvalue weighted by atomic mass is 9.98. The highest BCUT2D eigenvalue weighted by Crippen LogP contribution is 2.32. The molecule has 126 valence electrons. The van der Waals surface area contributed by atoms with Crippen molar-refractivity contribution in [3.63, 3.8) is 0 Å². The van der Waals surface area contributed by atoms with Crippen molar-refractivity contribution >= 4 is 11.8 Å². The van der Waals surface area contributed by atoms with Crippen molar-refractivity contribution in [2.24, 2.45) is 0 Å². The van der Waals surface area contributed by atoms with E-state index < -0.39 is 11.8 Å². The van der Waals surface area contributed by atoms with Crippen LogP contribution in [0.4, 0.5) is 10.2 Å². The zero-order chi connectivity index (χ0) is 18.0. The number of esters is 1. The summed E-state index contributed by atoms with van der Waals surface area (Å²) in [6, 6.07) is 7.72. The third kappa shape index (κ3) is 3.16. The second-order valence-corrected chi connectivity index (χ2v) is 5.34. The molecule has 25 heavy (non-hydrogen) atoms. The molecule has 0 unspecified atom stereocenters. The van der Waals surface area contributed by atoms with Crippen molar-refractivity contribution in [3.05, 3.63) is 59.9 Å². The molecule has 0 amide bonds. The van der Waals surface area contributed by atoms with E-state index in [0.717, 1.165) is 11.1 Å². The summed E-state index contributed by atoms with van der Waals surface area (Å²) in [6.07, 6.45) is 3.02. The number of nitrogen functional groups attached to an aromatic ring is 1. The monoisotopic (exact) mass is 338 g/mol. The lowest BCUT2D eigenvalue weighted by molar-refractivity contribution is 0.0595. The number of aryl methyl sites for hydroxylation is 1. The fraction of sp³-hybridized carbons (Fsp3) is 0.111. The summed E-state index contributed by atoms with van der Waals surface area (Å²) < 4.78 is 18.8. The van der Waals surface area contributed by atoms with Gasteiger partial charge < -0.3 is 10.5 Å². The van der Waals surface area contributed by atoms with Gasteiger partial charge >= 0.3 is 5.97 Å². The maximum absolute atomic E-state index is 14.3. The molecule has 3 aromatic rings. The first kappa shape index (κ1) is 16.5. The number of nitrogens with zero attached hydrogens (tertiary/aromatic N) is 3. The molecule has 0 aliphatic rings. The molecular formula is C18H15FN4O2. The Morgan fingerprint density at radius 1 is 1.12 bits per heavy atom.